The number of ether oxygens (including phenoxy) is 2. The minimum absolute atomic E-state index is 0.0256. The Balaban J connectivity index is 1.27. The lowest BCUT2D eigenvalue weighted by Gasteiger charge is -2.31. The van der Waals surface area contributed by atoms with Gasteiger partial charge >= 0.3 is 12.1 Å². The minimum Gasteiger partial charge on any atom is -0.490 e. The number of aliphatic carboxylic acids is 1. The van der Waals surface area contributed by atoms with Crippen molar-refractivity contribution < 1.29 is 24.2 Å². The molecule has 1 N–H and O–H groups in total. The van der Waals surface area contributed by atoms with Crippen LogP contribution < -0.4 is 4.74 Å². The van der Waals surface area contributed by atoms with Crippen molar-refractivity contribution in [3.05, 3.63) is 60.3 Å². The number of aromatic nitrogens is 2. The van der Waals surface area contributed by atoms with E-state index in [2.05, 4.69) is 5.10 Å². The lowest BCUT2D eigenvalue weighted by Crippen LogP contribution is -2.42. The average molecular weight is 423 g/mol. The predicted octanol–water partition coefficient (Wildman–Crippen LogP) is 3.69. The highest BCUT2D eigenvalue weighted by molar-refractivity contribution is 5.80. The summed E-state index contributed by atoms with van der Waals surface area (Å²) in [6.45, 7) is 1.79. The molecule has 2 heterocycles. The lowest BCUT2D eigenvalue weighted by atomic mass is 10.1. The van der Waals surface area contributed by atoms with Gasteiger partial charge in [-0.05, 0) is 23.8 Å². The summed E-state index contributed by atoms with van der Waals surface area (Å²) >= 11 is 0. The highest BCUT2D eigenvalue weighted by Crippen LogP contribution is 2.24. The van der Waals surface area contributed by atoms with Crippen LogP contribution in [0.2, 0.25) is 0 Å². The summed E-state index contributed by atoms with van der Waals surface area (Å²) in [7, 11) is 0. The van der Waals surface area contributed by atoms with Gasteiger partial charge in [-0.15, -0.1) is 0 Å². The standard InChI is InChI=1S/C23H25N3O5/c27-22(28)10-13-26-21-7-6-20(14-18(21)15-24-26)31-19-8-11-25(12-9-19)23(29)30-16-17-4-2-1-3-5-17/h1-7,14-15,19H,8-13,16H2,(H,27,28). The van der Waals surface area contributed by atoms with Gasteiger partial charge in [-0.2, -0.15) is 5.10 Å². The van der Waals surface area contributed by atoms with Gasteiger partial charge in [0.2, 0.25) is 0 Å². The Hall–Kier alpha value is -3.55. The normalized spacial score (nSPS) is 14.5. The van der Waals surface area contributed by atoms with Crippen LogP contribution >= 0.6 is 0 Å². The molecule has 0 aliphatic carbocycles. The van der Waals surface area contributed by atoms with Crippen LogP contribution in [0.4, 0.5) is 4.79 Å². The Labute approximate surface area is 180 Å². The number of amides is 1. The van der Waals surface area contributed by atoms with Crippen LogP contribution in [0, 0.1) is 0 Å². The number of carbonyl (C=O) groups excluding carboxylic acids is 1. The average Bonchev–Trinajstić information content (AvgIpc) is 3.19. The van der Waals surface area contributed by atoms with E-state index in [1.807, 2.05) is 48.5 Å². The van der Waals surface area contributed by atoms with E-state index in [-0.39, 0.29) is 25.2 Å². The van der Waals surface area contributed by atoms with Crippen LogP contribution in [0.3, 0.4) is 0 Å². The molecule has 8 heteroatoms. The second-order valence-corrected chi connectivity index (χ2v) is 7.58. The van der Waals surface area contributed by atoms with Crippen molar-refractivity contribution in [1.29, 1.82) is 0 Å². The third-order valence-electron chi connectivity index (χ3n) is 5.36. The summed E-state index contributed by atoms with van der Waals surface area (Å²) in [4.78, 5) is 24.8. The second-order valence-electron chi connectivity index (χ2n) is 7.58. The maximum Gasteiger partial charge on any atom is 0.410 e. The number of hydrogen-bond donors (Lipinski definition) is 1. The van der Waals surface area contributed by atoms with Crippen molar-refractivity contribution in [2.75, 3.05) is 13.1 Å². The summed E-state index contributed by atoms with van der Waals surface area (Å²) in [5, 5.41) is 14.0. The number of carbonyl (C=O) groups is 2. The number of likely N-dealkylation sites (tertiary alicyclic amines) is 1. The number of benzene rings is 2. The Kier molecular flexibility index (Phi) is 6.35. The number of nitrogens with zero attached hydrogens (tertiary/aromatic N) is 3. The first-order valence-corrected chi connectivity index (χ1v) is 10.4. The molecule has 4 rings (SSSR count). The molecule has 0 bridgehead atoms. The van der Waals surface area contributed by atoms with E-state index in [0.29, 0.717) is 19.6 Å². The highest BCUT2D eigenvalue weighted by atomic mass is 16.6. The SMILES string of the molecule is O=C(O)CCn1ncc2cc(OC3CCN(C(=O)OCc4ccccc4)CC3)ccc21. The first-order chi connectivity index (χ1) is 15.1. The smallest absolute Gasteiger partial charge is 0.410 e. The Morgan fingerprint density at radius 1 is 1.10 bits per heavy atom. The summed E-state index contributed by atoms with van der Waals surface area (Å²) in [6, 6.07) is 15.3. The molecule has 2 aromatic carbocycles. The predicted molar refractivity (Wildman–Crippen MR) is 114 cm³/mol. The van der Waals surface area contributed by atoms with Crippen molar-refractivity contribution >= 4 is 23.0 Å². The molecular weight excluding hydrogens is 398 g/mol. The molecular formula is C23H25N3O5. The fourth-order valence-corrected chi connectivity index (χ4v) is 3.68. The molecule has 0 unspecified atom stereocenters. The molecule has 1 aliphatic heterocycles. The number of carboxylic acids is 1. The molecule has 1 amide bonds. The summed E-state index contributed by atoms with van der Waals surface area (Å²) in [5.41, 5.74) is 1.85. The zero-order valence-electron chi connectivity index (χ0n) is 17.1. The first kappa shape index (κ1) is 20.7. The molecule has 1 saturated heterocycles. The van der Waals surface area contributed by atoms with Crippen molar-refractivity contribution in [3.8, 4) is 5.75 Å². The fraction of sp³-hybridized carbons (Fsp3) is 0.348. The zero-order valence-corrected chi connectivity index (χ0v) is 17.1. The maximum atomic E-state index is 12.3. The van der Waals surface area contributed by atoms with Crippen molar-refractivity contribution in [2.24, 2.45) is 0 Å². The van der Waals surface area contributed by atoms with Crippen molar-refractivity contribution in [3.63, 3.8) is 0 Å². The van der Waals surface area contributed by atoms with E-state index in [1.165, 1.54) is 0 Å². The molecule has 1 aromatic heterocycles. The molecule has 0 spiro atoms. The number of rotatable bonds is 7. The largest absolute Gasteiger partial charge is 0.490 e. The molecule has 0 saturated carbocycles. The first-order valence-electron chi connectivity index (χ1n) is 10.4. The number of piperidine rings is 1. The van der Waals surface area contributed by atoms with Crippen LogP contribution in [0.25, 0.3) is 10.9 Å². The molecule has 3 aromatic rings. The maximum absolute atomic E-state index is 12.3. The third kappa shape index (κ3) is 5.33. The number of carboxylic acid groups (broad SMARTS) is 1. The quantitative estimate of drug-likeness (QED) is 0.623. The van der Waals surface area contributed by atoms with Gasteiger partial charge < -0.3 is 19.5 Å². The van der Waals surface area contributed by atoms with Gasteiger partial charge in [0.05, 0.1) is 24.7 Å². The van der Waals surface area contributed by atoms with Crippen LogP contribution in [0.5, 0.6) is 5.75 Å². The Morgan fingerprint density at radius 3 is 2.61 bits per heavy atom. The minimum atomic E-state index is -0.848. The van der Waals surface area contributed by atoms with Gasteiger partial charge in [-0.1, -0.05) is 30.3 Å². The van der Waals surface area contributed by atoms with Crippen LogP contribution in [0.15, 0.2) is 54.7 Å². The summed E-state index contributed by atoms with van der Waals surface area (Å²) < 4.78 is 13.2. The highest BCUT2D eigenvalue weighted by Gasteiger charge is 2.25. The molecule has 162 valence electrons. The van der Waals surface area contributed by atoms with E-state index in [1.54, 1.807) is 15.8 Å². The third-order valence-corrected chi connectivity index (χ3v) is 5.36. The Bertz CT molecular complexity index is 1040. The molecule has 0 radical (unpaired) electrons. The van der Waals surface area contributed by atoms with Gasteiger partial charge in [-0.25, -0.2) is 4.79 Å². The van der Waals surface area contributed by atoms with E-state index in [0.717, 1.165) is 35.1 Å². The van der Waals surface area contributed by atoms with Crippen LogP contribution in [0.1, 0.15) is 24.8 Å². The monoisotopic (exact) mass is 423 g/mol. The summed E-state index contributed by atoms with van der Waals surface area (Å²) in [6.07, 6.45) is 2.94. The molecule has 1 fully saturated rings. The van der Waals surface area contributed by atoms with Gasteiger partial charge in [0.15, 0.2) is 0 Å². The molecule has 0 atom stereocenters. The number of fused-ring (bicyclic) bond motifs is 1. The van der Waals surface area contributed by atoms with E-state index in [9.17, 15) is 9.59 Å². The van der Waals surface area contributed by atoms with Crippen LogP contribution in [-0.2, 0) is 22.7 Å². The Morgan fingerprint density at radius 2 is 1.87 bits per heavy atom. The van der Waals surface area contributed by atoms with E-state index < -0.39 is 5.97 Å². The molecule has 31 heavy (non-hydrogen) atoms. The molecule has 1 aliphatic rings. The van der Waals surface area contributed by atoms with E-state index >= 15 is 0 Å². The van der Waals surface area contributed by atoms with Gasteiger partial charge in [0, 0.05) is 31.3 Å². The fourth-order valence-electron chi connectivity index (χ4n) is 3.68. The zero-order chi connectivity index (χ0) is 21.6. The van der Waals surface area contributed by atoms with Crippen molar-refractivity contribution in [1.82, 2.24) is 14.7 Å². The summed E-state index contributed by atoms with van der Waals surface area (Å²) in [5.74, 6) is -0.103. The lowest BCUT2D eigenvalue weighted by molar-refractivity contribution is -0.137. The van der Waals surface area contributed by atoms with Crippen molar-refractivity contribution in [2.45, 2.75) is 38.5 Å². The molecule has 8 nitrogen and oxygen atoms in total. The van der Waals surface area contributed by atoms with Gasteiger partial charge in [0.1, 0.15) is 18.5 Å². The van der Waals surface area contributed by atoms with Gasteiger partial charge in [0.25, 0.3) is 0 Å². The van der Waals surface area contributed by atoms with Gasteiger partial charge in [-0.3, -0.25) is 9.48 Å². The number of aryl methyl sites for hydroxylation is 1. The number of hydrogen-bond acceptors (Lipinski definition) is 5. The van der Waals surface area contributed by atoms with Crippen LogP contribution in [-0.4, -0.2) is 51.0 Å². The topological polar surface area (TPSA) is 93.9 Å². The second kappa shape index (κ2) is 9.51. The van der Waals surface area contributed by atoms with E-state index in [4.69, 9.17) is 14.6 Å².